The molecular weight excluding hydrogens is 348 g/mol. The Morgan fingerprint density at radius 3 is 2.58 bits per heavy atom. The quantitative estimate of drug-likeness (QED) is 0.728. The van der Waals surface area contributed by atoms with E-state index in [4.69, 9.17) is 11.6 Å². The standard InChI is InChI=1S/C20H21ClN4O/c1-4-11-22-20(26)18-23-19(15-8-5-13(2)6-9-15)25(24-18)17-12-16(21)10-7-14(17)3/h5-10,12H,4,11H2,1-3H3,(H,22,26). The molecule has 1 heterocycles. The predicted molar refractivity (Wildman–Crippen MR) is 104 cm³/mol. The molecule has 1 aromatic heterocycles. The van der Waals surface area contributed by atoms with Gasteiger partial charge in [0.1, 0.15) is 0 Å². The van der Waals surface area contributed by atoms with E-state index >= 15 is 0 Å². The van der Waals surface area contributed by atoms with E-state index in [2.05, 4.69) is 15.4 Å². The van der Waals surface area contributed by atoms with Crippen LogP contribution in [0.25, 0.3) is 17.1 Å². The summed E-state index contributed by atoms with van der Waals surface area (Å²) in [6.07, 6.45) is 0.852. The number of carbonyl (C=O) groups is 1. The zero-order chi connectivity index (χ0) is 18.7. The lowest BCUT2D eigenvalue weighted by molar-refractivity contribution is 0.0943. The van der Waals surface area contributed by atoms with Crippen LogP contribution in [0.3, 0.4) is 0 Å². The summed E-state index contributed by atoms with van der Waals surface area (Å²) in [7, 11) is 0. The molecule has 5 nitrogen and oxygen atoms in total. The van der Waals surface area contributed by atoms with E-state index in [0.29, 0.717) is 17.4 Å². The van der Waals surface area contributed by atoms with Crippen LogP contribution in [-0.4, -0.2) is 27.2 Å². The van der Waals surface area contributed by atoms with Gasteiger partial charge < -0.3 is 5.32 Å². The van der Waals surface area contributed by atoms with Gasteiger partial charge in [-0.25, -0.2) is 9.67 Å². The molecule has 134 valence electrons. The summed E-state index contributed by atoms with van der Waals surface area (Å²) in [5.41, 5.74) is 3.83. The topological polar surface area (TPSA) is 59.8 Å². The maximum atomic E-state index is 12.4. The van der Waals surface area contributed by atoms with Crippen molar-refractivity contribution >= 4 is 17.5 Å². The second-order valence-corrected chi connectivity index (χ2v) is 6.66. The van der Waals surface area contributed by atoms with Crippen LogP contribution in [0.5, 0.6) is 0 Å². The fourth-order valence-corrected chi connectivity index (χ4v) is 2.76. The summed E-state index contributed by atoms with van der Waals surface area (Å²) in [4.78, 5) is 16.9. The maximum absolute atomic E-state index is 12.4. The van der Waals surface area contributed by atoms with E-state index in [9.17, 15) is 4.79 Å². The lowest BCUT2D eigenvalue weighted by Gasteiger charge is -2.09. The van der Waals surface area contributed by atoms with Crippen molar-refractivity contribution in [2.45, 2.75) is 27.2 Å². The van der Waals surface area contributed by atoms with E-state index in [0.717, 1.165) is 28.8 Å². The smallest absolute Gasteiger partial charge is 0.290 e. The molecule has 6 heteroatoms. The second-order valence-electron chi connectivity index (χ2n) is 6.22. The molecule has 0 spiro atoms. The number of aromatic nitrogens is 3. The van der Waals surface area contributed by atoms with E-state index in [-0.39, 0.29) is 11.7 Å². The molecule has 0 aliphatic rings. The predicted octanol–water partition coefficient (Wildman–Crippen LogP) is 4.34. The SMILES string of the molecule is CCCNC(=O)c1nc(-c2ccc(C)cc2)n(-c2cc(Cl)ccc2C)n1. The Morgan fingerprint density at radius 2 is 1.88 bits per heavy atom. The third kappa shape index (κ3) is 3.78. The first kappa shape index (κ1) is 18.1. The first-order valence-corrected chi connectivity index (χ1v) is 8.96. The number of nitrogens with zero attached hydrogens (tertiary/aromatic N) is 3. The van der Waals surface area contributed by atoms with Crippen LogP contribution >= 0.6 is 11.6 Å². The van der Waals surface area contributed by atoms with Crippen LogP contribution in [0, 0.1) is 13.8 Å². The summed E-state index contributed by atoms with van der Waals surface area (Å²) in [6.45, 7) is 6.59. The van der Waals surface area contributed by atoms with Gasteiger partial charge in [-0.15, -0.1) is 5.10 Å². The van der Waals surface area contributed by atoms with Gasteiger partial charge >= 0.3 is 0 Å². The number of amides is 1. The van der Waals surface area contributed by atoms with Gasteiger partial charge in [0.15, 0.2) is 5.82 Å². The van der Waals surface area contributed by atoms with Gasteiger partial charge in [0, 0.05) is 17.1 Å². The Kier molecular flexibility index (Phi) is 5.38. The van der Waals surface area contributed by atoms with Gasteiger partial charge in [-0.1, -0.05) is 54.4 Å². The minimum atomic E-state index is -0.279. The first-order valence-electron chi connectivity index (χ1n) is 8.58. The van der Waals surface area contributed by atoms with Gasteiger partial charge in [0.25, 0.3) is 5.91 Å². The van der Waals surface area contributed by atoms with E-state index < -0.39 is 0 Å². The molecule has 1 amide bonds. The molecule has 0 radical (unpaired) electrons. The van der Waals surface area contributed by atoms with Crippen LogP contribution in [0.2, 0.25) is 5.02 Å². The molecule has 0 atom stereocenters. The zero-order valence-corrected chi connectivity index (χ0v) is 15.8. The summed E-state index contributed by atoms with van der Waals surface area (Å²) in [6, 6.07) is 13.6. The minimum absolute atomic E-state index is 0.147. The zero-order valence-electron chi connectivity index (χ0n) is 15.1. The summed E-state index contributed by atoms with van der Waals surface area (Å²) < 4.78 is 1.69. The number of hydrogen-bond donors (Lipinski definition) is 1. The molecule has 0 aliphatic heterocycles. The third-order valence-electron chi connectivity index (χ3n) is 4.05. The fourth-order valence-electron chi connectivity index (χ4n) is 2.59. The van der Waals surface area contributed by atoms with E-state index in [1.807, 2.05) is 63.2 Å². The van der Waals surface area contributed by atoms with E-state index in [1.54, 1.807) is 4.68 Å². The normalized spacial score (nSPS) is 10.8. The number of benzene rings is 2. The van der Waals surface area contributed by atoms with Crippen molar-refractivity contribution < 1.29 is 4.79 Å². The largest absolute Gasteiger partial charge is 0.349 e. The molecule has 0 bridgehead atoms. The molecule has 0 fully saturated rings. The molecule has 2 aromatic carbocycles. The molecule has 3 rings (SSSR count). The molecule has 26 heavy (non-hydrogen) atoms. The molecular formula is C20H21ClN4O. The van der Waals surface area contributed by atoms with Crippen molar-refractivity contribution in [2.75, 3.05) is 6.54 Å². The van der Waals surface area contributed by atoms with Crippen molar-refractivity contribution in [1.82, 2.24) is 20.1 Å². The van der Waals surface area contributed by atoms with Crippen LogP contribution in [0.15, 0.2) is 42.5 Å². The summed E-state index contributed by atoms with van der Waals surface area (Å²) >= 11 is 6.18. The number of aryl methyl sites for hydroxylation is 2. The average Bonchev–Trinajstić information content (AvgIpc) is 3.07. The van der Waals surface area contributed by atoms with Crippen LogP contribution in [-0.2, 0) is 0 Å². The first-order chi connectivity index (χ1) is 12.5. The Labute approximate surface area is 158 Å². The van der Waals surface area contributed by atoms with Crippen LogP contribution < -0.4 is 5.32 Å². The summed E-state index contributed by atoms with van der Waals surface area (Å²) in [5.74, 6) is 0.476. The number of rotatable bonds is 5. The lowest BCUT2D eigenvalue weighted by atomic mass is 10.1. The lowest BCUT2D eigenvalue weighted by Crippen LogP contribution is -2.25. The van der Waals surface area contributed by atoms with Crippen molar-refractivity contribution in [1.29, 1.82) is 0 Å². The molecule has 0 saturated carbocycles. The van der Waals surface area contributed by atoms with Gasteiger partial charge in [0.05, 0.1) is 5.69 Å². The average molecular weight is 369 g/mol. The Bertz CT molecular complexity index is 931. The fraction of sp³-hybridized carbons (Fsp3) is 0.250. The third-order valence-corrected chi connectivity index (χ3v) is 4.29. The Balaban J connectivity index is 2.14. The molecule has 0 saturated heterocycles. The van der Waals surface area contributed by atoms with Gasteiger partial charge in [0.2, 0.25) is 5.82 Å². The van der Waals surface area contributed by atoms with Crippen molar-refractivity contribution in [3.05, 3.63) is 64.4 Å². The highest BCUT2D eigenvalue weighted by molar-refractivity contribution is 6.30. The monoisotopic (exact) mass is 368 g/mol. The Morgan fingerprint density at radius 1 is 1.15 bits per heavy atom. The van der Waals surface area contributed by atoms with Crippen LogP contribution in [0.1, 0.15) is 35.1 Å². The van der Waals surface area contributed by atoms with Gasteiger partial charge in [-0.2, -0.15) is 0 Å². The highest BCUT2D eigenvalue weighted by atomic mass is 35.5. The van der Waals surface area contributed by atoms with E-state index in [1.165, 1.54) is 0 Å². The van der Waals surface area contributed by atoms with Gasteiger partial charge in [-0.3, -0.25) is 4.79 Å². The van der Waals surface area contributed by atoms with Crippen molar-refractivity contribution in [2.24, 2.45) is 0 Å². The molecule has 3 aromatic rings. The summed E-state index contributed by atoms with van der Waals surface area (Å²) in [5, 5.41) is 7.90. The maximum Gasteiger partial charge on any atom is 0.290 e. The molecule has 0 aliphatic carbocycles. The highest BCUT2D eigenvalue weighted by Crippen LogP contribution is 2.25. The second kappa shape index (κ2) is 7.70. The minimum Gasteiger partial charge on any atom is -0.349 e. The highest BCUT2D eigenvalue weighted by Gasteiger charge is 2.19. The van der Waals surface area contributed by atoms with Crippen molar-refractivity contribution in [3.63, 3.8) is 0 Å². The number of carbonyl (C=O) groups excluding carboxylic acids is 1. The van der Waals surface area contributed by atoms with Gasteiger partial charge in [-0.05, 0) is 38.0 Å². The molecule has 1 N–H and O–H groups in total. The van der Waals surface area contributed by atoms with Crippen molar-refractivity contribution in [3.8, 4) is 17.1 Å². The number of halogens is 1. The number of hydrogen-bond acceptors (Lipinski definition) is 3. The number of nitrogens with one attached hydrogen (secondary N) is 1. The Hall–Kier alpha value is -2.66. The van der Waals surface area contributed by atoms with Crippen LogP contribution in [0.4, 0.5) is 0 Å². The molecule has 0 unspecified atom stereocenters.